The third-order valence-electron chi connectivity index (χ3n) is 6.93. The first-order chi connectivity index (χ1) is 15.4. The zero-order valence-electron chi connectivity index (χ0n) is 18.4. The van der Waals surface area contributed by atoms with Crippen LogP contribution in [-0.2, 0) is 16.9 Å². The Morgan fingerprint density at radius 2 is 1.66 bits per heavy atom. The van der Waals surface area contributed by atoms with Crippen molar-refractivity contribution in [2.24, 2.45) is 7.05 Å². The van der Waals surface area contributed by atoms with Crippen LogP contribution in [0.4, 0.5) is 0 Å². The summed E-state index contributed by atoms with van der Waals surface area (Å²) in [5.41, 5.74) is 3.86. The van der Waals surface area contributed by atoms with E-state index < -0.39 is 9.84 Å². The number of aryl methyl sites for hydroxylation is 1. The summed E-state index contributed by atoms with van der Waals surface area (Å²) in [5, 5.41) is 0.994. The molecule has 0 unspecified atom stereocenters. The average Bonchev–Trinajstić information content (AvgIpc) is 3.32. The topological polar surface area (TPSA) is 62.6 Å². The molecular formula is C25H29N3O3S. The van der Waals surface area contributed by atoms with Crippen LogP contribution in [0.1, 0.15) is 16.8 Å². The molecule has 2 aliphatic rings. The maximum Gasteiger partial charge on any atom is 0.179 e. The number of carbonyl (C=O) groups is 1. The highest BCUT2D eigenvalue weighted by molar-refractivity contribution is 7.91. The number of sulfone groups is 1. The number of piperazine rings is 1. The number of ketones is 1. The van der Waals surface area contributed by atoms with E-state index >= 15 is 0 Å². The molecule has 6 nitrogen and oxygen atoms in total. The highest BCUT2D eigenvalue weighted by Gasteiger charge is 2.34. The molecule has 0 aliphatic carbocycles. The first kappa shape index (κ1) is 21.4. The predicted molar refractivity (Wildman–Crippen MR) is 128 cm³/mol. The molecule has 0 amide bonds. The summed E-state index contributed by atoms with van der Waals surface area (Å²) < 4.78 is 25.8. The molecule has 0 saturated carbocycles. The van der Waals surface area contributed by atoms with Gasteiger partial charge in [-0.3, -0.25) is 14.6 Å². The predicted octanol–water partition coefficient (Wildman–Crippen LogP) is 2.83. The monoisotopic (exact) mass is 451 g/mol. The number of hydrogen-bond acceptors (Lipinski definition) is 5. The van der Waals surface area contributed by atoms with Crippen molar-refractivity contribution in [1.29, 1.82) is 0 Å². The lowest BCUT2D eigenvalue weighted by molar-refractivity contribution is 0.0798. The fourth-order valence-electron chi connectivity index (χ4n) is 5.24. The molecule has 5 rings (SSSR count). The van der Waals surface area contributed by atoms with Gasteiger partial charge < -0.3 is 4.57 Å². The van der Waals surface area contributed by atoms with Gasteiger partial charge in [-0.25, -0.2) is 8.42 Å². The summed E-state index contributed by atoms with van der Waals surface area (Å²) in [6.07, 6.45) is 0.734. The van der Waals surface area contributed by atoms with E-state index in [9.17, 15) is 13.2 Å². The van der Waals surface area contributed by atoms with Crippen LogP contribution in [0.3, 0.4) is 0 Å². The van der Waals surface area contributed by atoms with Crippen molar-refractivity contribution in [3.63, 3.8) is 0 Å². The zero-order chi connectivity index (χ0) is 22.3. The number of aromatic nitrogens is 1. The number of rotatable bonds is 5. The fourth-order valence-corrected chi connectivity index (χ4v) is 7.00. The molecule has 3 heterocycles. The number of benzene rings is 2. The molecule has 32 heavy (non-hydrogen) atoms. The SMILES string of the molecule is Cn1c(-c2ccccc2)c(C(=O)CN2CCN([C@@H]3CCS(=O)(=O)C3)CC2)c2ccccc21. The van der Waals surface area contributed by atoms with Crippen LogP contribution in [-0.4, -0.2) is 78.8 Å². The Labute approximate surface area is 189 Å². The van der Waals surface area contributed by atoms with Gasteiger partial charge in [0.25, 0.3) is 0 Å². The Bertz CT molecular complexity index is 1240. The largest absolute Gasteiger partial charge is 0.343 e. The molecule has 0 radical (unpaired) electrons. The molecule has 0 N–H and O–H groups in total. The number of Topliss-reactive ketones (excluding diaryl/α,β-unsaturated/α-hetero) is 1. The second-order valence-electron chi connectivity index (χ2n) is 8.96. The number of hydrogen-bond donors (Lipinski definition) is 0. The second kappa shape index (κ2) is 8.46. The zero-order valence-corrected chi connectivity index (χ0v) is 19.2. The molecule has 3 aromatic rings. The first-order valence-corrected chi connectivity index (χ1v) is 13.1. The normalized spacial score (nSPS) is 21.8. The number of nitrogens with zero attached hydrogens (tertiary/aromatic N) is 3. The first-order valence-electron chi connectivity index (χ1n) is 11.3. The lowest BCUT2D eigenvalue weighted by Crippen LogP contribution is -2.51. The highest BCUT2D eigenvalue weighted by Crippen LogP contribution is 2.33. The Balaban J connectivity index is 1.36. The Hall–Kier alpha value is -2.48. The van der Waals surface area contributed by atoms with Gasteiger partial charge in [0.05, 0.1) is 29.3 Å². The van der Waals surface area contributed by atoms with Gasteiger partial charge in [0.1, 0.15) is 0 Å². The van der Waals surface area contributed by atoms with E-state index in [1.165, 1.54) is 0 Å². The van der Waals surface area contributed by atoms with Crippen LogP contribution < -0.4 is 0 Å². The molecule has 1 aromatic heterocycles. The third-order valence-corrected chi connectivity index (χ3v) is 8.68. The molecule has 2 saturated heterocycles. The van der Waals surface area contributed by atoms with Crippen molar-refractivity contribution in [3.8, 4) is 11.3 Å². The summed E-state index contributed by atoms with van der Waals surface area (Å²) in [4.78, 5) is 18.1. The quantitative estimate of drug-likeness (QED) is 0.558. The molecule has 1 atom stereocenters. The van der Waals surface area contributed by atoms with E-state index in [0.29, 0.717) is 12.3 Å². The summed E-state index contributed by atoms with van der Waals surface area (Å²) in [7, 11) is -0.851. The van der Waals surface area contributed by atoms with Crippen molar-refractivity contribution in [3.05, 3.63) is 60.2 Å². The van der Waals surface area contributed by atoms with Crippen molar-refractivity contribution < 1.29 is 13.2 Å². The van der Waals surface area contributed by atoms with E-state index in [-0.39, 0.29) is 17.6 Å². The molecule has 2 aliphatic heterocycles. The van der Waals surface area contributed by atoms with Gasteiger partial charge in [0, 0.05) is 50.2 Å². The summed E-state index contributed by atoms with van der Waals surface area (Å²) in [6.45, 7) is 3.58. The molecule has 2 fully saturated rings. The van der Waals surface area contributed by atoms with E-state index in [1.54, 1.807) is 0 Å². The van der Waals surface area contributed by atoms with E-state index in [2.05, 4.69) is 32.6 Å². The minimum absolute atomic E-state index is 0.137. The second-order valence-corrected chi connectivity index (χ2v) is 11.2. The standard InChI is InChI=1S/C25H29N3O3S/c1-26-22-10-6-5-9-21(22)24(25(26)19-7-3-2-4-8-19)23(29)17-27-12-14-28(15-13-27)20-11-16-32(30,31)18-20/h2-10,20H,11-18H2,1H3/t20-/m1/s1. The van der Waals surface area contributed by atoms with Gasteiger partial charge in [0.2, 0.25) is 0 Å². The van der Waals surface area contributed by atoms with E-state index in [4.69, 9.17) is 0 Å². The number of carbonyl (C=O) groups excluding carboxylic acids is 1. The van der Waals surface area contributed by atoms with Gasteiger partial charge in [-0.05, 0) is 18.1 Å². The molecule has 168 valence electrons. The van der Waals surface area contributed by atoms with Crippen LogP contribution in [0.15, 0.2) is 54.6 Å². The Morgan fingerprint density at radius 3 is 2.34 bits per heavy atom. The van der Waals surface area contributed by atoms with Crippen molar-refractivity contribution in [2.45, 2.75) is 12.5 Å². The van der Waals surface area contributed by atoms with Crippen LogP contribution in [0.2, 0.25) is 0 Å². The maximum absolute atomic E-state index is 13.6. The number of para-hydroxylation sites is 1. The third kappa shape index (κ3) is 4.00. The molecule has 0 spiro atoms. The lowest BCUT2D eigenvalue weighted by Gasteiger charge is -2.37. The van der Waals surface area contributed by atoms with Gasteiger partial charge in [-0.1, -0.05) is 48.5 Å². The van der Waals surface area contributed by atoms with Crippen LogP contribution in [0.25, 0.3) is 22.2 Å². The average molecular weight is 452 g/mol. The van der Waals surface area contributed by atoms with Crippen LogP contribution >= 0.6 is 0 Å². The van der Waals surface area contributed by atoms with Gasteiger partial charge in [0.15, 0.2) is 15.6 Å². The highest BCUT2D eigenvalue weighted by atomic mass is 32.2. The van der Waals surface area contributed by atoms with Crippen LogP contribution in [0.5, 0.6) is 0 Å². The minimum Gasteiger partial charge on any atom is -0.343 e. The molecule has 7 heteroatoms. The van der Waals surface area contributed by atoms with Crippen molar-refractivity contribution in [1.82, 2.24) is 14.4 Å². The lowest BCUT2D eigenvalue weighted by atomic mass is 10.0. The number of fused-ring (bicyclic) bond motifs is 1. The molecule has 0 bridgehead atoms. The summed E-state index contributed by atoms with van der Waals surface area (Å²) in [6, 6.07) is 18.3. The molecule has 2 aromatic carbocycles. The van der Waals surface area contributed by atoms with Gasteiger partial charge in [-0.15, -0.1) is 0 Å². The maximum atomic E-state index is 13.6. The fraction of sp³-hybridized carbons (Fsp3) is 0.400. The van der Waals surface area contributed by atoms with E-state index in [0.717, 1.165) is 60.3 Å². The smallest absolute Gasteiger partial charge is 0.179 e. The summed E-state index contributed by atoms with van der Waals surface area (Å²) in [5.74, 6) is 0.722. The van der Waals surface area contributed by atoms with Crippen molar-refractivity contribution in [2.75, 3.05) is 44.2 Å². The Kier molecular flexibility index (Phi) is 5.65. The molecular weight excluding hydrogens is 422 g/mol. The summed E-state index contributed by atoms with van der Waals surface area (Å²) >= 11 is 0. The van der Waals surface area contributed by atoms with Gasteiger partial charge in [-0.2, -0.15) is 0 Å². The van der Waals surface area contributed by atoms with Crippen LogP contribution in [0, 0.1) is 0 Å². The van der Waals surface area contributed by atoms with E-state index in [1.807, 2.05) is 43.4 Å². The van der Waals surface area contributed by atoms with Crippen molar-refractivity contribution >= 4 is 26.5 Å². The minimum atomic E-state index is -2.87. The van der Waals surface area contributed by atoms with Gasteiger partial charge >= 0.3 is 0 Å². The Morgan fingerprint density at radius 1 is 0.969 bits per heavy atom.